The van der Waals surface area contributed by atoms with Gasteiger partial charge in [0.2, 0.25) is 11.5 Å². The number of hydrogen-bond acceptors (Lipinski definition) is 7. The smallest absolute Gasteiger partial charge is 0.205 e. The molecule has 1 heterocycles. The van der Waals surface area contributed by atoms with Crippen molar-refractivity contribution in [2.24, 2.45) is 0 Å². The van der Waals surface area contributed by atoms with Crippen molar-refractivity contribution in [2.45, 2.75) is 0 Å². The first kappa shape index (κ1) is 30.4. The van der Waals surface area contributed by atoms with E-state index in [9.17, 15) is 30.6 Å². The van der Waals surface area contributed by atoms with E-state index in [2.05, 4.69) is 30.3 Å². The third-order valence-electron chi connectivity index (χ3n) is 10.5. The molecule has 0 bridgehead atoms. The topological polar surface area (TPSA) is 135 Å². The highest BCUT2D eigenvalue weighted by Gasteiger charge is 2.32. The molecule has 0 radical (unpaired) electrons. The van der Waals surface area contributed by atoms with Crippen LogP contribution < -0.4 is 0 Å². The Morgan fingerprint density at radius 2 is 0.887 bits per heavy atom. The Balaban J connectivity index is 1.39. The highest BCUT2D eigenvalue weighted by molar-refractivity contribution is 6.29. The van der Waals surface area contributed by atoms with Gasteiger partial charge in [0.1, 0.15) is 22.7 Å². The molecule has 0 fully saturated rings. The molecule has 0 aliphatic carbocycles. The van der Waals surface area contributed by atoms with Crippen molar-refractivity contribution in [3.8, 4) is 67.9 Å². The fourth-order valence-electron chi connectivity index (χ4n) is 8.23. The van der Waals surface area contributed by atoms with Crippen LogP contribution in [0.4, 0.5) is 0 Å². The summed E-state index contributed by atoms with van der Waals surface area (Å²) >= 11 is 0. The van der Waals surface area contributed by atoms with Gasteiger partial charge in [-0.05, 0) is 55.8 Å². The standard InChI is InChI=1S/C46H28O7/c47-40-33(24-12-2-1-3-13-24)37-39(43(50)45(52)44(51)42(37)49)41(48)38(40)36-28-17-8-6-15-26(28)34(27-16-7-9-18-29(27)36)30-19-10-20-32-35(30)31-22-21-23-11-4-5-14-25(23)46(31)53-32/h1-22,47-52H. The lowest BCUT2D eigenvalue weighted by Gasteiger charge is -2.23. The fraction of sp³-hybridized carbons (Fsp3) is 0. The second kappa shape index (κ2) is 11.1. The lowest BCUT2D eigenvalue weighted by molar-refractivity contribution is 0.350. The molecule has 1 aromatic heterocycles. The number of furan rings is 1. The molecule has 10 aromatic rings. The molecule has 0 amide bonds. The van der Waals surface area contributed by atoms with Crippen LogP contribution in [0.2, 0.25) is 0 Å². The molecule has 0 unspecified atom stereocenters. The second-order valence-corrected chi connectivity index (χ2v) is 13.2. The van der Waals surface area contributed by atoms with Gasteiger partial charge >= 0.3 is 0 Å². The van der Waals surface area contributed by atoms with Crippen molar-refractivity contribution in [2.75, 3.05) is 0 Å². The van der Waals surface area contributed by atoms with E-state index < -0.39 is 28.7 Å². The highest BCUT2D eigenvalue weighted by atomic mass is 16.3. The molecule has 7 nitrogen and oxygen atoms in total. The average molecular weight is 693 g/mol. The Morgan fingerprint density at radius 3 is 1.55 bits per heavy atom. The summed E-state index contributed by atoms with van der Waals surface area (Å²) in [6.07, 6.45) is 0. The van der Waals surface area contributed by atoms with Crippen LogP contribution in [0.1, 0.15) is 0 Å². The Hall–Kier alpha value is -7.38. The van der Waals surface area contributed by atoms with Crippen molar-refractivity contribution in [1.29, 1.82) is 0 Å². The van der Waals surface area contributed by atoms with E-state index in [0.29, 0.717) is 21.9 Å². The highest BCUT2D eigenvalue weighted by Crippen LogP contribution is 2.61. The molecule has 0 aliphatic rings. The lowest BCUT2D eigenvalue weighted by atomic mass is 9.82. The van der Waals surface area contributed by atoms with E-state index in [4.69, 9.17) is 4.42 Å². The van der Waals surface area contributed by atoms with Crippen LogP contribution in [0.5, 0.6) is 34.5 Å². The Morgan fingerprint density at radius 1 is 0.321 bits per heavy atom. The minimum absolute atomic E-state index is 0.0199. The maximum Gasteiger partial charge on any atom is 0.205 e. The summed E-state index contributed by atoms with van der Waals surface area (Å²) in [5.74, 6) is -4.60. The number of fused-ring (bicyclic) bond motifs is 8. The first-order valence-electron chi connectivity index (χ1n) is 17.0. The molecule has 0 atom stereocenters. The monoisotopic (exact) mass is 692 g/mol. The molecule has 6 N–H and O–H groups in total. The van der Waals surface area contributed by atoms with Crippen molar-refractivity contribution in [3.63, 3.8) is 0 Å². The van der Waals surface area contributed by atoms with Crippen LogP contribution >= 0.6 is 0 Å². The zero-order valence-corrected chi connectivity index (χ0v) is 27.8. The zero-order chi connectivity index (χ0) is 36.1. The van der Waals surface area contributed by atoms with Crippen molar-refractivity contribution in [1.82, 2.24) is 0 Å². The molecule has 0 aliphatic heterocycles. The number of phenols is 6. The van der Waals surface area contributed by atoms with E-state index in [1.54, 1.807) is 30.3 Å². The van der Waals surface area contributed by atoms with E-state index in [0.717, 1.165) is 54.6 Å². The third kappa shape index (κ3) is 4.10. The summed E-state index contributed by atoms with van der Waals surface area (Å²) in [4.78, 5) is 0. The Bertz CT molecular complexity index is 3120. The van der Waals surface area contributed by atoms with Crippen molar-refractivity contribution < 1.29 is 35.1 Å². The molecule has 10 rings (SSSR count). The van der Waals surface area contributed by atoms with E-state index >= 15 is 0 Å². The van der Waals surface area contributed by atoms with Crippen LogP contribution in [-0.4, -0.2) is 30.6 Å². The van der Waals surface area contributed by atoms with Gasteiger partial charge in [-0.2, -0.15) is 0 Å². The van der Waals surface area contributed by atoms with Gasteiger partial charge in [-0.1, -0.05) is 121 Å². The summed E-state index contributed by atoms with van der Waals surface area (Å²) in [6, 6.07) is 42.5. The lowest BCUT2D eigenvalue weighted by Crippen LogP contribution is -1.95. The summed E-state index contributed by atoms with van der Waals surface area (Å²) in [6.45, 7) is 0. The SMILES string of the molecule is Oc1c(O)c(O)c2c(-c3ccccc3)c(O)c(-c3c4ccccc4c(-c4cccc5oc6c7ccccc7ccc6c45)c4ccccc34)c(O)c2c1O. The van der Waals surface area contributed by atoms with E-state index in [1.807, 2.05) is 72.8 Å². The van der Waals surface area contributed by atoms with Gasteiger partial charge in [0.05, 0.1) is 10.9 Å². The average Bonchev–Trinajstić information content (AvgIpc) is 3.59. The van der Waals surface area contributed by atoms with Crippen LogP contribution in [0.3, 0.4) is 0 Å². The van der Waals surface area contributed by atoms with Gasteiger partial charge in [-0.3, -0.25) is 0 Å². The first-order chi connectivity index (χ1) is 25.8. The predicted octanol–water partition coefficient (Wildman–Crippen LogP) is 11.4. The summed E-state index contributed by atoms with van der Waals surface area (Å²) in [7, 11) is 0. The Kier molecular flexibility index (Phi) is 6.35. The van der Waals surface area contributed by atoms with Crippen molar-refractivity contribution >= 4 is 65.0 Å². The molecular weight excluding hydrogens is 664 g/mol. The largest absolute Gasteiger partial charge is 0.506 e. The van der Waals surface area contributed by atoms with E-state index in [-0.39, 0.29) is 27.6 Å². The minimum atomic E-state index is -1.00. The van der Waals surface area contributed by atoms with Gasteiger partial charge in [-0.15, -0.1) is 0 Å². The van der Waals surface area contributed by atoms with Crippen LogP contribution in [-0.2, 0) is 0 Å². The van der Waals surface area contributed by atoms with Crippen LogP contribution in [0.25, 0.3) is 98.4 Å². The molecule has 0 saturated heterocycles. The molecule has 9 aromatic carbocycles. The number of hydrogen-bond donors (Lipinski definition) is 6. The quantitative estimate of drug-likeness (QED) is 0.0616. The molecule has 7 heteroatoms. The normalized spacial score (nSPS) is 11.8. The molecule has 0 spiro atoms. The first-order valence-corrected chi connectivity index (χ1v) is 17.0. The maximum absolute atomic E-state index is 12.4. The van der Waals surface area contributed by atoms with Gasteiger partial charge in [0, 0.05) is 32.7 Å². The number of benzene rings is 9. The second-order valence-electron chi connectivity index (χ2n) is 13.2. The molecule has 0 saturated carbocycles. The van der Waals surface area contributed by atoms with E-state index in [1.165, 1.54) is 0 Å². The predicted molar refractivity (Wildman–Crippen MR) is 210 cm³/mol. The van der Waals surface area contributed by atoms with Gasteiger partial charge in [0.25, 0.3) is 0 Å². The molecule has 254 valence electrons. The van der Waals surface area contributed by atoms with Gasteiger partial charge in [-0.25, -0.2) is 0 Å². The number of aromatic hydroxyl groups is 6. The third-order valence-corrected chi connectivity index (χ3v) is 10.5. The molecular formula is C46H28O7. The zero-order valence-electron chi connectivity index (χ0n) is 27.8. The molecule has 53 heavy (non-hydrogen) atoms. The van der Waals surface area contributed by atoms with Gasteiger partial charge in [0.15, 0.2) is 11.5 Å². The van der Waals surface area contributed by atoms with Crippen LogP contribution in [0, 0.1) is 0 Å². The van der Waals surface area contributed by atoms with Crippen molar-refractivity contribution in [3.05, 3.63) is 133 Å². The minimum Gasteiger partial charge on any atom is -0.506 e. The number of phenolic OH excluding ortho intramolecular Hbond substituents is 6. The van der Waals surface area contributed by atoms with Gasteiger partial charge < -0.3 is 35.1 Å². The number of rotatable bonds is 3. The summed E-state index contributed by atoms with van der Waals surface area (Å²) < 4.78 is 6.56. The maximum atomic E-state index is 12.4. The summed E-state index contributed by atoms with van der Waals surface area (Å²) in [5, 5.41) is 74.7. The summed E-state index contributed by atoms with van der Waals surface area (Å²) in [5.41, 5.74) is 4.34. The fourth-order valence-corrected chi connectivity index (χ4v) is 8.23. The van der Waals surface area contributed by atoms with Crippen LogP contribution in [0.15, 0.2) is 138 Å². The Labute approximate surface area is 300 Å².